The van der Waals surface area contributed by atoms with Gasteiger partial charge in [0.05, 0.1) is 5.56 Å². The number of alkyl halides is 6. The number of aryl methyl sites for hydroxylation is 1. The summed E-state index contributed by atoms with van der Waals surface area (Å²) in [6.45, 7) is 0.234. The molecule has 1 N–H and O–H groups in total. The van der Waals surface area contributed by atoms with Crippen molar-refractivity contribution >= 4 is 5.97 Å². The highest BCUT2D eigenvalue weighted by atomic mass is 19.4. The van der Waals surface area contributed by atoms with Crippen LogP contribution in [0.4, 0.5) is 35.1 Å². The molecule has 0 aromatic heterocycles. The first-order valence-electron chi connectivity index (χ1n) is 11.9. The smallest absolute Gasteiger partial charge is 0.416 e. The Hall–Kier alpha value is -2.69. The first-order chi connectivity index (χ1) is 17.2. The van der Waals surface area contributed by atoms with Crippen molar-refractivity contribution in [2.24, 2.45) is 5.92 Å². The summed E-state index contributed by atoms with van der Waals surface area (Å²) in [5, 5.41) is 9.23. The number of rotatable bonds is 9. The number of nitrogens with zero attached hydrogens (tertiary/aromatic N) is 1. The SMILES string of the molecule is O=C(O)CC1CCN(C(CCc2ccc(F)cc2F)CCC(F)(F)F)C(c2ccc(C(F)(F)F)cc2)C1. The van der Waals surface area contributed by atoms with Gasteiger partial charge in [-0.3, -0.25) is 9.69 Å². The van der Waals surface area contributed by atoms with E-state index in [0.717, 1.165) is 18.2 Å². The number of carboxylic acid groups (broad SMARTS) is 1. The molecule has 204 valence electrons. The first-order valence-corrected chi connectivity index (χ1v) is 11.9. The Labute approximate surface area is 209 Å². The van der Waals surface area contributed by atoms with Gasteiger partial charge >= 0.3 is 18.3 Å². The van der Waals surface area contributed by atoms with Crippen LogP contribution in [0.5, 0.6) is 0 Å². The molecule has 0 radical (unpaired) electrons. The normalized spacial score (nSPS) is 20.1. The Morgan fingerprint density at radius 2 is 1.68 bits per heavy atom. The molecule has 0 bridgehead atoms. The minimum Gasteiger partial charge on any atom is -0.481 e. The van der Waals surface area contributed by atoms with Crippen LogP contribution in [0.3, 0.4) is 0 Å². The van der Waals surface area contributed by atoms with Gasteiger partial charge in [-0.2, -0.15) is 26.3 Å². The number of halogens is 8. The molecule has 0 amide bonds. The molecule has 3 nitrogen and oxygen atoms in total. The summed E-state index contributed by atoms with van der Waals surface area (Å²) in [5.41, 5.74) is -0.292. The predicted octanol–water partition coefficient (Wildman–Crippen LogP) is 7.56. The second-order valence-corrected chi connectivity index (χ2v) is 9.44. The minimum absolute atomic E-state index is 0.0312. The van der Waals surface area contributed by atoms with Gasteiger partial charge in [0.1, 0.15) is 11.6 Å². The van der Waals surface area contributed by atoms with Crippen LogP contribution >= 0.6 is 0 Å². The molecule has 0 saturated carbocycles. The third-order valence-electron chi connectivity index (χ3n) is 6.83. The third kappa shape index (κ3) is 8.41. The third-order valence-corrected chi connectivity index (χ3v) is 6.83. The molecule has 3 atom stereocenters. The summed E-state index contributed by atoms with van der Waals surface area (Å²) in [4.78, 5) is 13.1. The average Bonchev–Trinajstić information content (AvgIpc) is 2.79. The molecule has 37 heavy (non-hydrogen) atoms. The fourth-order valence-corrected chi connectivity index (χ4v) is 5.00. The van der Waals surface area contributed by atoms with Gasteiger partial charge in [0, 0.05) is 31.0 Å². The van der Waals surface area contributed by atoms with E-state index in [-0.39, 0.29) is 50.1 Å². The van der Waals surface area contributed by atoms with Gasteiger partial charge in [0.25, 0.3) is 0 Å². The molecule has 3 rings (SSSR count). The molecule has 1 aliphatic rings. The Kier molecular flexibility index (Phi) is 9.20. The van der Waals surface area contributed by atoms with Crippen molar-refractivity contribution in [3.63, 3.8) is 0 Å². The lowest BCUT2D eigenvalue weighted by molar-refractivity contribution is -0.141. The topological polar surface area (TPSA) is 40.5 Å². The highest BCUT2D eigenvalue weighted by molar-refractivity contribution is 5.67. The zero-order valence-corrected chi connectivity index (χ0v) is 19.8. The number of hydrogen-bond donors (Lipinski definition) is 1. The maximum atomic E-state index is 14.2. The molecular weight excluding hydrogens is 510 g/mol. The molecule has 2 aromatic rings. The fraction of sp³-hybridized carbons (Fsp3) is 0.500. The number of piperidine rings is 1. The Bertz CT molecular complexity index is 1050. The standard InChI is InChI=1S/C26H27F8NO2/c27-20-7-3-17(22(28)15-20)4-8-21(9-11-25(29,30)31)35-12-10-16(14-24(36)37)13-23(35)18-1-5-19(6-2-18)26(32,33)34/h1-3,5-7,15-16,21,23H,4,8-14H2,(H,36,37). The van der Waals surface area contributed by atoms with E-state index in [1.54, 1.807) is 4.90 Å². The van der Waals surface area contributed by atoms with Gasteiger partial charge in [-0.15, -0.1) is 0 Å². The van der Waals surface area contributed by atoms with E-state index in [2.05, 4.69) is 0 Å². The van der Waals surface area contributed by atoms with Crippen LogP contribution in [0.15, 0.2) is 42.5 Å². The fourth-order valence-electron chi connectivity index (χ4n) is 5.00. The van der Waals surface area contributed by atoms with Gasteiger partial charge in [0.2, 0.25) is 0 Å². The zero-order chi connectivity index (χ0) is 27.4. The van der Waals surface area contributed by atoms with Crippen molar-refractivity contribution in [1.82, 2.24) is 4.90 Å². The van der Waals surface area contributed by atoms with E-state index in [0.29, 0.717) is 18.1 Å². The van der Waals surface area contributed by atoms with E-state index >= 15 is 0 Å². The van der Waals surface area contributed by atoms with Gasteiger partial charge in [-0.1, -0.05) is 18.2 Å². The van der Waals surface area contributed by atoms with Crippen LogP contribution in [0, 0.1) is 17.6 Å². The molecule has 1 heterocycles. The van der Waals surface area contributed by atoms with E-state index in [4.69, 9.17) is 0 Å². The maximum Gasteiger partial charge on any atom is 0.416 e. The van der Waals surface area contributed by atoms with Crippen LogP contribution in [-0.2, 0) is 17.4 Å². The minimum atomic E-state index is -4.56. The first kappa shape index (κ1) is 28.9. The summed E-state index contributed by atoms with van der Waals surface area (Å²) in [6.07, 6.45) is -9.87. The van der Waals surface area contributed by atoms with Gasteiger partial charge in [-0.25, -0.2) is 8.78 Å². The van der Waals surface area contributed by atoms with Gasteiger partial charge < -0.3 is 5.11 Å². The molecule has 0 aliphatic carbocycles. The number of carboxylic acids is 1. The number of aliphatic carboxylic acids is 1. The van der Waals surface area contributed by atoms with E-state index in [1.807, 2.05) is 0 Å². The van der Waals surface area contributed by atoms with E-state index in [1.165, 1.54) is 18.2 Å². The van der Waals surface area contributed by atoms with Crippen LogP contribution in [0.1, 0.15) is 61.3 Å². The lowest BCUT2D eigenvalue weighted by Gasteiger charge is -2.44. The summed E-state index contributed by atoms with van der Waals surface area (Å²) >= 11 is 0. The van der Waals surface area contributed by atoms with E-state index < -0.39 is 54.0 Å². The molecule has 0 spiro atoms. The highest BCUT2D eigenvalue weighted by Gasteiger charge is 2.37. The number of benzene rings is 2. The molecule has 2 aromatic carbocycles. The molecule has 1 saturated heterocycles. The Morgan fingerprint density at radius 1 is 1.00 bits per heavy atom. The van der Waals surface area contributed by atoms with Crippen LogP contribution in [0.2, 0.25) is 0 Å². The van der Waals surface area contributed by atoms with Crippen LogP contribution < -0.4 is 0 Å². The van der Waals surface area contributed by atoms with Crippen LogP contribution in [-0.4, -0.2) is 34.7 Å². The van der Waals surface area contributed by atoms with Crippen molar-refractivity contribution in [3.8, 4) is 0 Å². The van der Waals surface area contributed by atoms with Crippen molar-refractivity contribution in [1.29, 1.82) is 0 Å². The Morgan fingerprint density at radius 3 is 2.24 bits per heavy atom. The monoisotopic (exact) mass is 537 g/mol. The quantitative estimate of drug-likeness (QED) is 0.336. The Balaban J connectivity index is 1.90. The lowest BCUT2D eigenvalue weighted by atomic mass is 9.83. The summed E-state index contributed by atoms with van der Waals surface area (Å²) in [5.74, 6) is -2.93. The second kappa shape index (κ2) is 11.8. The predicted molar refractivity (Wildman–Crippen MR) is 120 cm³/mol. The summed E-state index contributed by atoms with van der Waals surface area (Å²) in [6, 6.07) is 5.99. The number of carbonyl (C=O) groups is 1. The van der Waals surface area contributed by atoms with Crippen molar-refractivity contribution in [3.05, 3.63) is 70.8 Å². The maximum absolute atomic E-state index is 14.2. The molecule has 11 heteroatoms. The molecular formula is C26H27F8NO2. The van der Waals surface area contributed by atoms with E-state index in [9.17, 15) is 45.0 Å². The number of likely N-dealkylation sites (tertiary alicyclic amines) is 1. The summed E-state index contributed by atoms with van der Waals surface area (Å²) < 4.78 is 106. The van der Waals surface area contributed by atoms with Gasteiger partial charge in [0.15, 0.2) is 0 Å². The van der Waals surface area contributed by atoms with Crippen molar-refractivity contribution in [2.75, 3.05) is 6.54 Å². The molecule has 3 unspecified atom stereocenters. The molecule has 1 fully saturated rings. The van der Waals surface area contributed by atoms with Gasteiger partial charge in [-0.05, 0) is 73.9 Å². The highest BCUT2D eigenvalue weighted by Crippen LogP contribution is 2.40. The van der Waals surface area contributed by atoms with Crippen molar-refractivity contribution in [2.45, 2.75) is 69.4 Å². The molecule has 1 aliphatic heterocycles. The average molecular weight is 537 g/mol. The second-order valence-electron chi connectivity index (χ2n) is 9.44. The zero-order valence-electron chi connectivity index (χ0n) is 19.8. The largest absolute Gasteiger partial charge is 0.481 e. The summed E-state index contributed by atoms with van der Waals surface area (Å²) in [7, 11) is 0. The number of hydrogen-bond acceptors (Lipinski definition) is 2. The lowest BCUT2D eigenvalue weighted by Crippen LogP contribution is -2.44. The van der Waals surface area contributed by atoms with Crippen LogP contribution in [0.25, 0.3) is 0 Å². The van der Waals surface area contributed by atoms with Crippen molar-refractivity contribution < 1.29 is 45.0 Å².